The Morgan fingerprint density at radius 3 is 2.59 bits per heavy atom. The summed E-state index contributed by atoms with van der Waals surface area (Å²) in [6.07, 6.45) is -1.04. The van der Waals surface area contributed by atoms with Crippen molar-refractivity contribution in [1.82, 2.24) is 0 Å². The number of carbonyl (C=O) groups excluding carboxylic acids is 2. The number of aliphatic hydroxyl groups is 1. The lowest BCUT2D eigenvalue weighted by molar-refractivity contribution is -0.146. The highest BCUT2D eigenvalue weighted by molar-refractivity contribution is 6.01. The van der Waals surface area contributed by atoms with Gasteiger partial charge in [0.25, 0.3) is 0 Å². The number of anilines is 1. The monoisotopic (exact) mass is 235 g/mol. The number of nitrogens with zero attached hydrogens (tertiary/aromatic N) is 1. The van der Waals surface area contributed by atoms with E-state index in [1.54, 1.807) is 24.3 Å². The molecule has 0 fully saturated rings. The van der Waals surface area contributed by atoms with Crippen LogP contribution in [0.2, 0.25) is 0 Å². The predicted octanol–water partition coefficient (Wildman–Crippen LogP) is 0.628. The van der Waals surface area contributed by atoms with Crippen LogP contribution in [0.15, 0.2) is 24.3 Å². The first-order valence-electron chi connectivity index (χ1n) is 5.22. The first-order chi connectivity index (χ1) is 8.07. The molecule has 2 atom stereocenters. The molecule has 0 unspecified atom stereocenters. The number of aliphatic hydroxyl groups excluding tert-OH is 1. The maximum Gasteiger partial charge on any atom is 0.332 e. The van der Waals surface area contributed by atoms with Gasteiger partial charge in [-0.2, -0.15) is 0 Å². The summed E-state index contributed by atoms with van der Waals surface area (Å²) >= 11 is 0. The molecule has 1 heterocycles. The molecule has 1 amide bonds. The minimum Gasteiger partial charge on any atom is -0.467 e. The number of ether oxygens (including phenoxy) is 1. The highest BCUT2D eigenvalue weighted by atomic mass is 16.5. The van der Waals surface area contributed by atoms with Gasteiger partial charge in [-0.3, -0.25) is 9.69 Å². The Morgan fingerprint density at radius 2 is 2.00 bits per heavy atom. The minimum atomic E-state index is -1.04. The summed E-state index contributed by atoms with van der Waals surface area (Å²) in [5.41, 5.74) is 1.13. The molecule has 0 bridgehead atoms. The number of hydrogen-bond acceptors (Lipinski definition) is 4. The van der Waals surface area contributed by atoms with Crippen LogP contribution in [0.25, 0.3) is 0 Å². The van der Waals surface area contributed by atoms with Crippen molar-refractivity contribution < 1.29 is 19.4 Å². The molecule has 0 saturated heterocycles. The van der Waals surface area contributed by atoms with Crippen LogP contribution in [0.5, 0.6) is 0 Å². The molecule has 1 aliphatic heterocycles. The number of fused-ring (bicyclic) bond motifs is 1. The average molecular weight is 235 g/mol. The van der Waals surface area contributed by atoms with E-state index >= 15 is 0 Å². The predicted molar refractivity (Wildman–Crippen MR) is 60.4 cm³/mol. The largest absolute Gasteiger partial charge is 0.467 e. The van der Waals surface area contributed by atoms with Crippen LogP contribution in [-0.2, 0) is 14.3 Å². The number of benzene rings is 1. The fourth-order valence-corrected chi connectivity index (χ4v) is 2.14. The van der Waals surface area contributed by atoms with Crippen molar-refractivity contribution in [3.63, 3.8) is 0 Å². The van der Waals surface area contributed by atoms with E-state index in [1.165, 1.54) is 18.9 Å². The Bertz CT molecular complexity index is 471. The highest BCUT2D eigenvalue weighted by Crippen LogP contribution is 2.39. The van der Waals surface area contributed by atoms with E-state index in [1.807, 2.05) is 0 Å². The van der Waals surface area contributed by atoms with Crippen LogP contribution in [0.1, 0.15) is 18.6 Å². The molecule has 0 aromatic heterocycles. The Morgan fingerprint density at radius 1 is 1.35 bits per heavy atom. The van der Waals surface area contributed by atoms with Gasteiger partial charge in [0.2, 0.25) is 5.91 Å². The summed E-state index contributed by atoms with van der Waals surface area (Å²) in [7, 11) is 1.23. The van der Waals surface area contributed by atoms with Gasteiger partial charge in [0.15, 0.2) is 6.04 Å². The zero-order valence-corrected chi connectivity index (χ0v) is 9.58. The van der Waals surface area contributed by atoms with Crippen LogP contribution in [0, 0.1) is 0 Å². The van der Waals surface area contributed by atoms with E-state index in [2.05, 4.69) is 4.74 Å². The smallest absolute Gasteiger partial charge is 0.332 e. The zero-order chi connectivity index (χ0) is 12.6. The van der Waals surface area contributed by atoms with Crippen molar-refractivity contribution in [2.24, 2.45) is 0 Å². The molecule has 1 N–H and O–H groups in total. The summed E-state index contributed by atoms with van der Waals surface area (Å²) in [6, 6.07) is 5.90. The first-order valence-corrected chi connectivity index (χ1v) is 5.22. The fraction of sp³-hybridized carbons (Fsp3) is 0.333. The van der Waals surface area contributed by atoms with Gasteiger partial charge < -0.3 is 9.84 Å². The lowest BCUT2D eigenvalue weighted by atomic mass is 10.1. The lowest BCUT2D eigenvalue weighted by Gasteiger charge is -2.23. The molecular weight excluding hydrogens is 222 g/mol. The second kappa shape index (κ2) is 4.18. The molecule has 1 aliphatic rings. The average Bonchev–Trinajstić information content (AvgIpc) is 2.62. The molecule has 90 valence electrons. The molecule has 0 aliphatic carbocycles. The van der Waals surface area contributed by atoms with E-state index in [9.17, 15) is 14.7 Å². The summed E-state index contributed by atoms with van der Waals surface area (Å²) in [6.45, 7) is 1.35. The summed E-state index contributed by atoms with van der Waals surface area (Å²) < 4.78 is 4.62. The SMILES string of the molecule is COC(=O)[C@@H]1[C@@H](O)c2ccccc2N1C(C)=O. The number of amides is 1. The molecule has 5 heteroatoms. The number of esters is 1. The van der Waals surface area contributed by atoms with E-state index in [4.69, 9.17) is 0 Å². The van der Waals surface area contributed by atoms with E-state index in [-0.39, 0.29) is 5.91 Å². The summed E-state index contributed by atoms with van der Waals surface area (Å²) in [5, 5.41) is 10.1. The van der Waals surface area contributed by atoms with Crippen molar-refractivity contribution in [3.8, 4) is 0 Å². The topological polar surface area (TPSA) is 66.8 Å². The van der Waals surface area contributed by atoms with Gasteiger partial charge in [-0.05, 0) is 6.07 Å². The van der Waals surface area contributed by atoms with Crippen LogP contribution < -0.4 is 4.90 Å². The van der Waals surface area contributed by atoms with Crippen LogP contribution in [-0.4, -0.2) is 30.1 Å². The number of para-hydroxylation sites is 1. The molecule has 0 radical (unpaired) electrons. The van der Waals surface area contributed by atoms with Gasteiger partial charge in [-0.25, -0.2) is 4.79 Å². The van der Waals surface area contributed by atoms with Crippen LogP contribution >= 0.6 is 0 Å². The third-order valence-corrected chi connectivity index (χ3v) is 2.87. The fourth-order valence-electron chi connectivity index (χ4n) is 2.14. The molecule has 17 heavy (non-hydrogen) atoms. The molecule has 5 nitrogen and oxygen atoms in total. The lowest BCUT2D eigenvalue weighted by Crippen LogP contribution is -2.44. The van der Waals surface area contributed by atoms with E-state index < -0.39 is 18.1 Å². The summed E-state index contributed by atoms with van der Waals surface area (Å²) in [4.78, 5) is 24.5. The van der Waals surface area contributed by atoms with Crippen LogP contribution in [0.3, 0.4) is 0 Å². The second-order valence-electron chi connectivity index (χ2n) is 3.86. The van der Waals surface area contributed by atoms with Gasteiger partial charge in [0.05, 0.1) is 12.8 Å². The zero-order valence-electron chi connectivity index (χ0n) is 9.58. The van der Waals surface area contributed by atoms with Gasteiger partial charge in [-0.15, -0.1) is 0 Å². The van der Waals surface area contributed by atoms with Gasteiger partial charge in [0, 0.05) is 12.5 Å². The second-order valence-corrected chi connectivity index (χ2v) is 3.86. The molecule has 0 spiro atoms. The van der Waals surface area contributed by atoms with Gasteiger partial charge in [0.1, 0.15) is 6.10 Å². The van der Waals surface area contributed by atoms with Crippen molar-refractivity contribution >= 4 is 17.6 Å². The third kappa shape index (κ3) is 1.68. The number of hydrogen-bond donors (Lipinski definition) is 1. The molecule has 1 aromatic carbocycles. The van der Waals surface area contributed by atoms with Crippen LogP contribution in [0.4, 0.5) is 5.69 Å². The van der Waals surface area contributed by atoms with E-state index in [0.717, 1.165) is 0 Å². The molecule has 0 saturated carbocycles. The maximum atomic E-state index is 11.6. The normalized spacial score (nSPS) is 22.2. The Labute approximate surface area is 98.6 Å². The summed E-state index contributed by atoms with van der Waals surface area (Å²) in [5.74, 6) is -0.923. The quantitative estimate of drug-likeness (QED) is 0.725. The number of rotatable bonds is 1. The molecular formula is C12H13NO4. The Kier molecular flexibility index (Phi) is 2.85. The van der Waals surface area contributed by atoms with Crippen molar-refractivity contribution in [2.45, 2.75) is 19.1 Å². The number of carbonyl (C=O) groups is 2. The van der Waals surface area contributed by atoms with Crippen molar-refractivity contribution in [2.75, 3.05) is 12.0 Å². The number of methoxy groups -OCH3 is 1. The Hall–Kier alpha value is -1.88. The first kappa shape index (κ1) is 11.6. The maximum absolute atomic E-state index is 11.6. The Balaban J connectivity index is 2.51. The third-order valence-electron chi connectivity index (χ3n) is 2.87. The molecule has 1 aromatic rings. The molecule has 2 rings (SSSR count). The van der Waals surface area contributed by atoms with Crippen molar-refractivity contribution in [3.05, 3.63) is 29.8 Å². The minimum absolute atomic E-state index is 0.301. The van der Waals surface area contributed by atoms with E-state index in [0.29, 0.717) is 11.3 Å². The van der Waals surface area contributed by atoms with Crippen molar-refractivity contribution in [1.29, 1.82) is 0 Å². The van der Waals surface area contributed by atoms with Gasteiger partial charge >= 0.3 is 5.97 Å². The standard InChI is InChI=1S/C12H13NO4/c1-7(14)13-9-6-4-3-5-8(9)11(15)10(13)12(16)17-2/h3-6,10-11,15H,1-2H3/t10-,11-/m0/s1. The van der Waals surface area contributed by atoms with Gasteiger partial charge in [-0.1, -0.05) is 18.2 Å². The highest BCUT2D eigenvalue weighted by Gasteiger charge is 2.44.